The van der Waals surface area contributed by atoms with Gasteiger partial charge in [-0.05, 0) is 18.1 Å². The summed E-state index contributed by atoms with van der Waals surface area (Å²) < 4.78 is 5.18. The minimum absolute atomic E-state index is 0.0987. The number of carbonyl (C=O) groups excluding carboxylic acids is 1. The van der Waals surface area contributed by atoms with E-state index in [1.807, 2.05) is 38.2 Å². The van der Waals surface area contributed by atoms with Gasteiger partial charge in [-0.25, -0.2) is 0 Å². The first-order valence-corrected chi connectivity index (χ1v) is 6.27. The molecule has 1 amide bonds. The van der Waals surface area contributed by atoms with Gasteiger partial charge in [-0.2, -0.15) is 0 Å². The van der Waals surface area contributed by atoms with Crippen LogP contribution in [0.5, 0.6) is 0 Å². The molecular weight excluding hydrogens is 228 g/mol. The van der Waals surface area contributed by atoms with Crippen LogP contribution in [0.2, 0.25) is 0 Å². The number of rotatable bonds is 7. The average Bonchev–Trinajstić information content (AvgIpc) is 2.39. The average molecular weight is 250 g/mol. The molecule has 0 aliphatic carbocycles. The van der Waals surface area contributed by atoms with E-state index in [0.29, 0.717) is 32.7 Å². The monoisotopic (exact) mass is 250 g/mol. The predicted molar refractivity (Wildman–Crippen MR) is 71.9 cm³/mol. The van der Waals surface area contributed by atoms with Crippen molar-refractivity contribution in [1.82, 2.24) is 4.90 Å². The molecule has 1 aromatic rings. The highest BCUT2D eigenvalue weighted by atomic mass is 16.5. The number of nitrogens with zero attached hydrogens (tertiary/aromatic N) is 1. The van der Waals surface area contributed by atoms with E-state index in [-0.39, 0.29) is 5.91 Å². The Balaban J connectivity index is 2.47. The van der Waals surface area contributed by atoms with Crippen LogP contribution in [0.4, 0.5) is 0 Å². The molecule has 4 heteroatoms. The Hall–Kier alpha value is -1.39. The molecule has 1 rings (SSSR count). The summed E-state index contributed by atoms with van der Waals surface area (Å²) in [5.74, 6) is 0.0987. The highest BCUT2D eigenvalue weighted by Crippen LogP contribution is 2.08. The topological polar surface area (TPSA) is 55.6 Å². The van der Waals surface area contributed by atoms with Gasteiger partial charge in [-0.3, -0.25) is 4.79 Å². The second-order valence-electron chi connectivity index (χ2n) is 4.22. The number of amides is 1. The molecule has 0 saturated heterocycles. The van der Waals surface area contributed by atoms with Crippen LogP contribution in [0.1, 0.15) is 24.5 Å². The van der Waals surface area contributed by atoms with Crippen LogP contribution in [0.25, 0.3) is 0 Å². The van der Waals surface area contributed by atoms with Gasteiger partial charge < -0.3 is 15.4 Å². The fourth-order valence-electron chi connectivity index (χ4n) is 1.71. The summed E-state index contributed by atoms with van der Waals surface area (Å²) in [5, 5.41) is 0. The van der Waals surface area contributed by atoms with Crippen molar-refractivity contribution in [3.05, 3.63) is 35.4 Å². The smallest absolute Gasteiger partial charge is 0.224 e. The van der Waals surface area contributed by atoms with Crippen molar-refractivity contribution in [1.29, 1.82) is 0 Å². The molecule has 0 atom stereocenters. The van der Waals surface area contributed by atoms with Crippen LogP contribution in [-0.4, -0.2) is 31.1 Å². The zero-order chi connectivity index (χ0) is 13.4. The molecular formula is C14H22N2O2. The van der Waals surface area contributed by atoms with Crippen LogP contribution in [0.3, 0.4) is 0 Å². The molecule has 1 aromatic carbocycles. The molecule has 0 fully saturated rings. The van der Waals surface area contributed by atoms with Gasteiger partial charge in [0.25, 0.3) is 0 Å². The first kappa shape index (κ1) is 14.7. The number of benzene rings is 1. The minimum atomic E-state index is 0.0987. The van der Waals surface area contributed by atoms with Crippen LogP contribution < -0.4 is 5.73 Å². The number of nitrogens with two attached hydrogens (primary N) is 1. The molecule has 0 bridgehead atoms. The van der Waals surface area contributed by atoms with E-state index < -0.39 is 0 Å². The summed E-state index contributed by atoms with van der Waals surface area (Å²) in [6, 6.07) is 7.99. The van der Waals surface area contributed by atoms with Gasteiger partial charge in [0.15, 0.2) is 0 Å². The van der Waals surface area contributed by atoms with Crippen molar-refractivity contribution < 1.29 is 9.53 Å². The first-order chi connectivity index (χ1) is 8.67. The molecule has 0 unspecified atom stereocenters. The van der Waals surface area contributed by atoms with Crippen molar-refractivity contribution in [2.75, 3.05) is 20.3 Å². The maximum absolute atomic E-state index is 11.8. The normalized spacial score (nSPS) is 10.4. The van der Waals surface area contributed by atoms with Gasteiger partial charge in [0.2, 0.25) is 5.91 Å². The lowest BCUT2D eigenvalue weighted by Crippen LogP contribution is -2.27. The van der Waals surface area contributed by atoms with Crippen molar-refractivity contribution in [3.63, 3.8) is 0 Å². The largest absolute Gasteiger partial charge is 0.381 e. The SMILES string of the molecule is CCOCCC(=O)N(C)Cc1cccc(CN)c1. The van der Waals surface area contributed by atoms with E-state index in [9.17, 15) is 4.79 Å². The zero-order valence-electron chi connectivity index (χ0n) is 11.2. The summed E-state index contributed by atoms with van der Waals surface area (Å²) in [6.45, 7) is 4.19. The van der Waals surface area contributed by atoms with Crippen LogP contribution in [0.15, 0.2) is 24.3 Å². The Morgan fingerprint density at radius 2 is 2.11 bits per heavy atom. The molecule has 0 spiro atoms. The summed E-state index contributed by atoms with van der Waals surface area (Å²) in [4.78, 5) is 13.5. The van der Waals surface area contributed by atoms with Gasteiger partial charge in [0.1, 0.15) is 0 Å². The van der Waals surface area contributed by atoms with Gasteiger partial charge in [0, 0.05) is 26.7 Å². The van der Waals surface area contributed by atoms with Crippen LogP contribution in [-0.2, 0) is 22.6 Å². The van der Waals surface area contributed by atoms with E-state index in [2.05, 4.69) is 0 Å². The molecule has 0 radical (unpaired) electrons. The van der Waals surface area contributed by atoms with E-state index in [1.165, 1.54) is 0 Å². The van der Waals surface area contributed by atoms with Crippen molar-refractivity contribution in [2.24, 2.45) is 5.73 Å². The third kappa shape index (κ3) is 4.85. The molecule has 2 N–H and O–H groups in total. The quantitative estimate of drug-likeness (QED) is 0.747. The lowest BCUT2D eigenvalue weighted by atomic mass is 10.1. The Labute approximate surface area is 109 Å². The van der Waals surface area contributed by atoms with E-state index in [1.54, 1.807) is 4.90 Å². The Bertz CT molecular complexity index is 380. The summed E-state index contributed by atoms with van der Waals surface area (Å²) in [7, 11) is 1.81. The number of carbonyl (C=O) groups is 1. The lowest BCUT2D eigenvalue weighted by Gasteiger charge is -2.17. The predicted octanol–water partition coefficient (Wildman–Crippen LogP) is 1.53. The van der Waals surface area contributed by atoms with E-state index >= 15 is 0 Å². The Morgan fingerprint density at radius 3 is 2.78 bits per heavy atom. The van der Waals surface area contributed by atoms with Crippen molar-refractivity contribution in [2.45, 2.75) is 26.4 Å². The van der Waals surface area contributed by atoms with Crippen LogP contribution in [0, 0.1) is 0 Å². The molecule has 100 valence electrons. The second-order valence-corrected chi connectivity index (χ2v) is 4.22. The fourth-order valence-corrected chi connectivity index (χ4v) is 1.71. The molecule has 0 aliphatic heterocycles. The lowest BCUT2D eigenvalue weighted by molar-refractivity contribution is -0.131. The summed E-state index contributed by atoms with van der Waals surface area (Å²) >= 11 is 0. The summed E-state index contributed by atoms with van der Waals surface area (Å²) in [5.41, 5.74) is 7.78. The molecule has 18 heavy (non-hydrogen) atoms. The second kappa shape index (κ2) is 7.84. The van der Waals surface area contributed by atoms with E-state index in [0.717, 1.165) is 11.1 Å². The van der Waals surface area contributed by atoms with Crippen LogP contribution >= 0.6 is 0 Å². The molecule has 0 aliphatic rings. The van der Waals surface area contributed by atoms with E-state index in [4.69, 9.17) is 10.5 Å². The van der Waals surface area contributed by atoms with Crippen molar-refractivity contribution >= 4 is 5.91 Å². The standard InChI is InChI=1S/C14H22N2O2/c1-3-18-8-7-14(17)16(2)11-13-6-4-5-12(9-13)10-15/h4-6,9H,3,7-8,10-11,15H2,1-2H3. The minimum Gasteiger partial charge on any atom is -0.381 e. The van der Waals surface area contributed by atoms with Gasteiger partial charge in [0.05, 0.1) is 13.0 Å². The number of ether oxygens (including phenoxy) is 1. The third-order valence-corrected chi connectivity index (χ3v) is 2.74. The molecule has 0 aromatic heterocycles. The Morgan fingerprint density at radius 1 is 1.39 bits per heavy atom. The fraction of sp³-hybridized carbons (Fsp3) is 0.500. The molecule has 4 nitrogen and oxygen atoms in total. The third-order valence-electron chi connectivity index (χ3n) is 2.74. The molecule has 0 heterocycles. The highest BCUT2D eigenvalue weighted by Gasteiger charge is 2.09. The number of hydrogen-bond donors (Lipinski definition) is 1. The molecule has 0 saturated carbocycles. The number of hydrogen-bond acceptors (Lipinski definition) is 3. The summed E-state index contributed by atoms with van der Waals surface area (Å²) in [6.07, 6.45) is 0.431. The van der Waals surface area contributed by atoms with Gasteiger partial charge >= 0.3 is 0 Å². The maximum atomic E-state index is 11.8. The van der Waals surface area contributed by atoms with Crippen molar-refractivity contribution in [3.8, 4) is 0 Å². The van der Waals surface area contributed by atoms with Gasteiger partial charge in [-0.1, -0.05) is 24.3 Å². The first-order valence-electron chi connectivity index (χ1n) is 6.27. The Kier molecular flexibility index (Phi) is 6.39. The van der Waals surface area contributed by atoms with Gasteiger partial charge in [-0.15, -0.1) is 0 Å². The zero-order valence-corrected chi connectivity index (χ0v) is 11.2. The maximum Gasteiger partial charge on any atom is 0.224 e. The highest BCUT2D eigenvalue weighted by molar-refractivity contribution is 5.75.